The second-order valence-electron chi connectivity index (χ2n) is 7.75. The van der Waals surface area contributed by atoms with Gasteiger partial charge in [-0.15, -0.1) is 5.10 Å². The Labute approximate surface area is 175 Å². The van der Waals surface area contributed by atoms with E-state index in [4.69, 9.17) is 10.3 Å². The van der Waals surface area contributed by atoms with Crippen molar-refractivity contribution in [3.63, 3.8) is 0 Å². The lowest BCUT2D eigenvalue weighted by atomic mass is 10.1. The first-order chi connectivity index (χ1) is 14.6. The maximum Gasteiger partial charge on any atom is 0.315 e. The smallest absolute Gasteiger partial charge is 0.315 e. The third-order valence-electron chi connectivity index (χ3n) is 5.47. The summed E-state index contributed by atoms with van der Waals surface area (Å²) in [6.45, 7) is 3.53. The van der Waals surface area contributed by atoms with Crippen molar-refractivity contribution in [1.82, 2.24) is 30.0 Å². The molecule has 1 aliphatic heterocycles. The van der Waals surface area contributed by atoms with Crippen LogP contribution < -0.4 is 5.73 Å². The third-order valence-corrected chi connectivity index (χ3v) is 5.47. The number of likely N-dealkylation sites (tertiary alicyclic amines) is 1. The molecule has 1 atom stereocenters. The van der Waals surface area contributed by atoms with Crippen LogP contribution in [0.1, 0.15) is 49.8 Å². The molecule has 0 bridgehead atoms. The lowest BCUT2D eigenvalue weighted by Crippen LogP contribution is -2.40. The molecule has 0 spiro atoms. The standard InChI is InChI=1S/C21H27N7O2/c1-2-3-5-17-14-27(26-24-17)13-15-7-9-16(10-8-15)20-23-19(30-25-20)12-18-6-4-11-28(18)21(22)29/h7-10,14,18H,2-6,11-13H2,1H3,(H2,22,29). The summed E-state index contributed by atoms with van der Waals surface area (Å²) in [5.41, 5.74) is 8.48. The molecule has 1 saturated heterocycles. The molecule has 2 N–H and O–H groups in total. The molecule has 158 valence electrons. The number of rotatable bonds is 8. The van der Waals surface area contributed by atoms with Gasteiger partial charge in [0.05, 0.1) is 12.2 Å². The van der Waals surface area contributed by atoms with Gasteiger partial charge in [0.1, 0.15) is 0 Å². The van der Waals surface area contributed by atoms with Gasteiger partial charge in [-0.1, -0.05) is 48.0 Å². The summed E-state index contributed by atoms with van der Waals surface area (Å²) in [5, 5.41) is 12.5. The van der Waals surface area contributed by atoms with Crippen molar-refractivity contribution in [3.05, 3.63) is 47.6 Å². The number of nitrogens with two attached hydrogens (primary N) is 1. The predicted molar refractivity (Wildman–Crippen MR) is 110 cm³/mol. The van der Waals surface area contributed by atoms with Crippen molar-refractivity contribution in [2.75, 3.05) is 6.54 Å². The minimum Gasteiger partial charge on any atom is -0.351 e. The number of nitrogens with zero attached hydrogens (tertiary/aromatic N) is 6. The van der Waals surface area contributed by atoms with Crippen molar-refractivity contribution >= 4 is 6.03 Å². The van der Waals surface area contributed by atoms with Crippen molar-refractivity contribution < 1.29 is 9.32 Å². The van der Waals surface area contributed by atoms with Crippen LogP contribution in [0.3, 0.4) is 0 Å². The minimum absolute atomic E-state index is 0.0306. The molecule has 0 saturated carbocycles. The number of aryl methyl sites for hydroxylation is 1. The van der Waals surface area contributed by atoms with Crippen LogP contribution in [0.5, 0.6) is 0 Å². The molecule has 9 heteroatoms. The number of benzene rings is 1. The number of aromatic nitrogens is 5. The molecule has 30 heavy (non-hydrogen) atoms. The molecule has 1 aromatic carbocycles. The Morgan fingerprint density at radius 1 is 1.30 bits per heavy atom. The molecule has 2 aromatic heterocycles. The molecule has 0 aliphatic carbocycles. The summed E-state index contributed by atoms with van der Waals surface area (Å²) < 4.78 is 7.27. The van der Waals surface area contributed by atoms with E-state index in [1.807, 2.05) is 35.1 Å². The van der Waals surface area contributed by atoms with Crippen LogP contribution in [0.2, 0.25) is 0 Å². The number of unbranched alkanes of at least 4 members (excludes halogenated alkanes) is 1. The highest BCUT2D eigenvalue weighted by molar-refractivity contribution is 5.72. The second-order valence-corrected chi connectivity index (χ2v) is 7.75. The molecule has 1 unspecified atom stereocenters. The van der Waals surface area contributed by atoms with Gasteiger partial charge in [0, 0.05) is 30.8 Å². The van der Waals surface area contributed by atoms with E-state index in [2.05, 4.69) is 27.4 Å². The van der Waals surface area contributed by atoms with Gasteiger partial charge < -0.3 is 15.2 Å². The fourth-order valence-electron chi connectivity index (χ4n) is 3.83. The Hall–Kier alpha value is -3.23. The van der Waals surface area contributed by atoms with Gasteiger partial charge in [0.25, 0.3) is 0 Å². The SMILES string of the molecule is CCCCc1cn(Cc2ccc(-c3noc(CC4CCCN4C(N)=O)n3)cc2)nn1. The van der Waals surface area contributed by atoms with Gasteiger partial charge in [-0.05, 0) is 31.2 Å². The van der Waals surface area contributed by atoms with Crippen molar-refractivity contribution in [2.45, 2.75) is 58.0 Å². The maximum atomic E-state index is 11.5. The van der Waals surface area contributed by atoms with E-state index >= 15 is 0 Å². The van der Waals surface area contributed by atoms with Crippen LogP contribution in [0, 0.1) is 0 Å². The largest absolute Gasteiger partial charge is 0.351 e. The quantitative estimate of drug-likeness (QED) is 0.611. The van der Waals surface area contributed by atoms with Crippen molar-refractivity contribution in [2.24, 2.45) is 5.73 Å². The zero-order valence-electron chi connectivity index (χ0n) is 17.2. The van der Waals surface area contributed by atoms with Crippen LogP contribution in [0.25, 0.3) is 11.4 Å². The fourth-order valence-corrected chi connectivity index (χ4v) is 3.83. The van der Waals surface area contributed by atoms with Crippen LogP contribution in [-0.4, -0.2) is 48.7 Å². The van der Waals surface area contributed by atoms with Crippen molar-refractivity contribution in [1.29, 1.82) is 0 Å². The highest BCUT2D eigenvalue weighted by Crippen LogP contribution is 2.22. The zero-order chi connectivity index (χ0) is 20.9. The van der Waals surface area contributed by atoms with E-state index in [0.717, 1.165) is 48.9 Å². The Morgan fingerprint density at radius 2 is 2.13 bits per heavy atom. The first-order valence-electron chi connectivity index (χ1n) is 10.5. The zero-order valence-corrected chi connectivity index (χ0v) is 17.2. The van der Waals surface area contributed by atoms with Gasteiger partial charge in [-0.25, -0.2) is 9.48 Å². The number of primary amides is 1. The summed E-state index contributed by atoms with van der Waals surface area (Å²) >= 11 is 0. The average Bonchev–Trinajstić information content (AvgIpc) is 3.49. The summed E-state index contributed by atoms with van der Waals surface area (Å²) in [5.74, 6) is 1.07. The molecule has 2 amide bonds. The van der Waals surface area contributed by atoms with Crippen LogP contribution in [0.4, 0.5) is 4.79 Å². The van der Waals surface area contributed by atoms with Gasteiger partial charge in [-0.2, -0.15) is 4.98 Å². The first-order valence-corrected chi connectivity index (χ1v) is 10.5. The molecule has 3 heterocycles. The van der Waals surface area contributed by atoms with E-state index in [1.165, 1.54) is 0 Å². The molecule has 1 fully saturated rings. The molecule has 3 aromatic rings. The average molecular weight is 409 g/mol. The van der Waals surface area contributed by atoms with Crippen molar-refractivity contribution in [3.8, 4) is 11.4 Å². The minimum atomic E-state index is -0.391. The Morgan fingerprint density at radius 3 is 2.90 bits per heavy atom. The Kier molecular flexibility index (Phi) is 6.06. The van der Waals surface area contributed by atoms with E-state index in [1.54, 1.807) is 4.90 Å². The number of carbonyl (C=O) groups is 1. The Bertz CT molecular complexity index is 979. The van der Waals surface area contributed by atoms with E-state index in [9.17, 15) is 4.79 Å². The van der Waals surface area contributed by atoms with E-state index in [0.29, 0.717) is 31.2 Å². The summed E-state index contributed by atoms with van der Waals surface area (Å²) in [4.78, 5) is 17.7. The number of amides is 2. The fraction of sp³-hybridized carbons (Fsp3) is 0.476. The first kappa shape index (κ1) is 20.1. The van der Waals surface area contributed by atoms with Crippen LogP contribution in [-0.2, 0) is 19.4 Å². The highest BCUT2D eigenvalue weighted by Gasteiger charge is 2.29. The van der Waals surface area contributed by atoms with Gasteiger partial charge >= 0.3 is 6.03 Å². The molecule has 9 nitrogen and oxygen atoms in total. The third kappa shape index (κ3) is 4.67. The normalized spacial score (nSPS) is 16.3. The van der Waals surface area contributed by atoms with E-state index in [-0.39, 0.29) is 6.04 Å². The summed E-state index contributed by atoms with van der Waals surface area (Å²) in [6.07, 6.45) is 7.62. The van der Waals surface area contributed by atoms with Crippen LogP contribution in [0.15, 0.2) is 35.0 Å². The lowest BCUT2D eigenvalue weighted by Gasteiger charge is -2.20. The molecular formula is C21H27N7O2. The van der Waals surface area contributed by atoms with Gasteiger partial charge in [0.2, 0.25) is 11.7 Å². The number of hydrogen-bond acceptors (Lipinski definition) is 6. The number of urea groups is 1. The molecule has 4 rings (SSSR count). The highest BCUT2D eigenvalue weighted by atomic mass is 16.5. The molecular weight excluding hydrogens is 382 g/mol. The maximum absolute atomic E-state index is 11.5. The number of carbonyl (C=O) groups excluding carboxylic acids is 1. The predicted octanol–water partition coefficient (Wildman–Crippen LogP) is 2.80. The van der Waals surface area contributed by atoms with Gasteiger partial charge in [0.15, 0.2) is 0 Å². The summed E-state index contributed by atoms with van der Waals surface area (Å²) in [6, 6.07) is 7.66. The lowest BCUT2D eigenvalue weighted by molar-refractivity contribution is 0.198. The van der Waals surface area contributed by atoms with E-state index < -0.39 is 6.03 Å². The molecule has 0 radical (unpaired) electrons. The topological polar surface area (TPSA) is 116 Å². The summed E-state index contributed by atoms with van der Waals surface area (Å²) in [7, 11) is 0. The molecule has 1 aliphatic rings. The second kappa shape index (κ2) is 9.06. The Balaban J connectivity index is 1.37. The van der Waals surface area contributed by atoms with Gasteiger partial charge in [-0.3, -0.25) is 0 Å². The monoisotopic (exact) mass is 409 g/mol. The number of hydrogen-bond donors (Lipinski definition) is 1. The van der Waals surface area contributed by atoms with Crippen LogP contribution >= 0.6 is 0 Å².